The molecule has 0 saturated carbocycles. The van der Waals surface area contributed by atoms with Crippen LogP contribution in [-0.4, -0.2) is 41.6 Å². The third kappa shape index (κ3) is 3.05. The molecule has 3 unspecified atom stereocenters. The first kappa shape index (κ1) is 14.4. The van der Waals surface area contributed by atoms with Crippen LogP contribution in [0.2, 0.25) is 0 Å². The van der Waals surface area contributed by atoms with Crippen molar-refractivity contribution in [3.8, 4) is 0 Å². The summed E-state index contributed by atoms with van der Waals surface area (Å²) in [4.78, 5) is 2.80. The van der Waals surface area contributed by atoms with Crippen LogP contribution in [0.25, 0.3) is 0 Å². The molecule has 1 aromatic rings. The van der Waals surface area contributed by atoms with E-state index in [2.05, 4.69) is 66.2 Å². The molecule has 0 spiro atoms. The van der Waals surface area contributed by atoms with Crippen molar-refractivity contribution >= 4 is 11.8 Å². The van der Waals surface area contributed by atoms with E-state index in [9.17, 15) is 0 Å². The average molecular weight is 290 g/mol. The summed E-state index contributed by atoms with van der Waals surface area (Å²) in [5, 5.41) is 3.77. The number of nitrogens with zero attached hydrogens (tertiary/aromatic N) is 1. The third-order valence-corrected chi connectivity index (χ3v) is 5.88. The van der Waals surface area contributed by atoms with Gasteiger partial charge in [0.25, 0.3) is 0 Å². The van der Waals surface area contributed by atoms with Crippen molar-refractivity contribution in [3.05, 3.63) is 35.9 Å². The van der Waals surface area contributed by atoms with Gasteiger partial charge in [-0.25, -0.2) is 0 Å². The second kappa shape index (κ2) is 6.50. The molecule has 3 rings (SSSR count). The Labute approximate surface area is 127 Å². The SMILES string of the molecule is CC(C)C1CNC(c2ccccc2)CN1C1CCSC1. The van der Waals surface area contributed by atoms with Gasteiger partial charge in [0.15, 0.2) is 0 Å². The van der Waals surface area contributed by atoms with E-state index in [1.54, 1.807) is 0 Å². The van der Waals surface area contributed by atoms with Gasteiger partial charge in [0, 0.05) is 37.0 Å². The Bertz CT molecular complexity index is 414. The van der Waals surface area contributed by atoms with E-state index in [4.69, 9.17) is 0 Å². The van der Waals surface area contributed by atoms with Crippen molar-refractivity contribution in [2.45, 2.75) is 38.4 Å². The second-order valence-corrected chi connectivity index (χ2v) is 7.55. The van der Waals surface area contributed by atoms with Crippen molar-refractivity contribution in [2.24, 2.45) is 5.92 Å². The molecule has 2 nitrogen and oxygen atoms in total. The zero-order chi connectivity index (χ0) is 13.9. The van der Waals surface area contributed by atoms with E-state index >= 15 is 0 Å². The molecule has 1 N–H and O–H groups in total. The van der Waals surface area contributed by atoms with Crippen molar-refractivity contribution in [3.63, 3.8) is 0 Å². The maximum atomic E-state index is 3.77. The fraction of sp³-hybridized carbons (Fsp3) is 0.647. The van der Waals surface area contributed by atoms with Crippen molar-refractivity contribution in [1.29, 1.82) is 0 Å². The van der Waals surface area contributed by atoms with Gasteiger partial charge in [-0.05, 0) is 23.7 Å². The number of hydrogen-bond donors (Lipinski definition) is 1. The summed E-state index contributed by atoms with van der Waals surface area (Å²) in [5.41, 5.74) is 1.44. The third-order valence-electron chi connectivity index (χ3n) is 4.74. The molecular formula is C17H26N2S. The molecule has 20 heavy (non-hydrogen) atoms. The average Bonchev–Trinajstić information content (AvgIpc) is 3.01. The normalized spacial score (nSPS) is 31.9. The number of thioether (sulfide) groups is 1. The maximum absolute atomic E-state index is 3.77. The predicted molar refractivity (Wildman–Crippen MR) is 88.2 cm³/mol. The monoisotopic (exact) mass is 290 g/mol. The lowest BCUT2D eigenvalue weighted by atomic mass is 9.94. The first-order valence-electron chi connectivity index (χ1n) is 7.87. The van der Waals surface area contributed by atoms with Gasteiger partial charge in [-0.1, -0.05) is 44.2 Å². The quantitative estimate of drug-likeness (QED) is 0.920. The highest BCUT2D eigenvalue weighted by Gasteiger charge is 2.35. The second-order valence-electron chi connectivity index (χ2n) is 6.40. The lowest BCUT2D eigenvalue weighted by Gasteiger charge is -2.45. The number of piperazine rings is 1. The fourth-order valence-corrected chi connectivity index (χ4v) is 4.76. The minimum atomic E-state index is 0.497. The molecule has 1 aromatic carbocycles. The smallest absolute Gasteiger partial charge is 0.0450 e. The molecule has 110 valence electrons. The van der Waals surface area contributed by atoms with E-state index in [0.29, 0.717) is 12.1 Å². The molecule has 3 atom stereocenters. The molecule has 2 saturated heterocycles. The molecule has 0 amide bonds. The zero-order valence-corrected chi connectivity index (χ0v) is 13.4. The molecule has 2 aliphatic heterocycles. The van der Waals surface area contributed by atoms with Crippen LogP contribution < -0.4 is 5.32 Å². The summed E-state index contributed by atoms with van der Waals surface area (Å²) in [6.07, 6.45) is 1.37. The first-order chi connectivity index (χ1) is 9.75. The molecular weight excluding hydrogens is 264 g/mol. The Morgan fingerprint density at radius 2 is 2.05 bits per heavy atom. The summed E-state index contributed by atoms with van der Waals surface area (Å²) >= 11 is 2.12. The predicted octanol–water partition coefficient (Wildman–Crippen LogP) is 3.16. The Kier molecular flexibility index (Phi) is 4.69. The summed E-state index contributed by atoms with van der Waals surface area (Å²) in [6, 6.07) is 12.9. The molecule has 0 bridgehead atoms. The van der Waals surface area contributed by atoms with Gasteiger partial charge in [0.2, 0.25) is 0 Å². The van der Waals surface area contributed by atoms with E-state index in [1.807, 2.05) is 0 Å². The van der Waals surface area contributed by atoms with Crippen LogP contribution in [0.3, 0.4) is 0 Å². The van der Waals surface area contributed by atoms with Crippen molar-refractivity contribution < 1.29 is 0 Å². The summed E-state index contributed by atoms with van der Waals surface area (Å²) < 4.78 is 0. The Hall–Kier alpha value is -0.510. The Morgan fingerprint density at radius 3 is 2.70 bits per heavy atom. The minimum Gasteiger partial charge on any atom is -0.307 e. The van der Waals surface area contributed by atoms with Gasteiger partial charge in [-0.2, -0.15) is 11.8 Å². The minimum absolute atomic E-state index is 0.497. The van der Waals surface area contributed by atoms with E-state index in [1.165, 1.54) is 23.5 Å². The van der Waals surface area contributed by atoms with E-state index in [0.717, 1.165) is 25.0 Å². The van der Waals surface area contributed by atoms with Crippen LogP contribution in [0, 0.1) is 5.92 Å². The highest BCUT2D eigenvalue weighted by atomic mass is 32.2. The largest absolute Gasteiger partial charge is 0.307 e. The lowest BCUT2D eigenvalue weighted by molar-refractivity contribution is 0.0649. The molecule has 2 aliphatic rings. The summed E-state index contributed by atoms with van der Waals surface area (Å²) in [7, 11) is 0. The molecule has 2 fully saturated rings. The Balaban J connectivity index is 1.75. The van der Waals surface area contributed by atoms with E-state index < -0.39 is 0 Å². The molecule has 0 aliphatic carbocycles. The number of rotatable bonds is 3. The van der Waals surface area contributed by atoms with Gasteiger partial charge < -0.3 is 5.32 Å². The van der Waals surface area contributed by atoms with Crippen molar-refractivity contribution in [2.75, 3.05) is 24.6 Å². The van der Waals surface area contributed by atoms with E-state index in [-0.39, 0.29) is 0 Å². The topological polar surface area (TPSA) is 15.3 Å². The van der Waals surface area contributed by atoms with Gasteiger partial charge in [0.1, 0.15) is 0 Å². The summed E-state index contributed by atoms with van der Waals surface area (Å²) in [6.45, 7) is 7.02. The van der Waals surface area contributed by atoms with Crippen LogP contribution in [0.15, 0.2) is 30.3 Å². The molecule has 3 heteroatoms. The van der Waals surface area contributed by atoms with Gasteiger partial charge >= 0.3 is 0 Å². The van der Waals surface area contributed by atoms with Gasteiger partial charge in [-0.15, -0.1) is 0 Å². The maximum Gasteiger partial charge on any atom is 0.0450 e. The zero-order valence-electron chi connectivity index (χ0n) is 12.6. The highest BCUT2D eigenvalue weighted by molar-refractivity contribution is 7.99. The van der Waals surface area contributed by atoms with Gasteiger partial charge in [-0.3, -0.25) is 4.90 Å². The van der Waals surface area contributed by atoms with Crippen LogP contribution in [-0.2, 0) is 0 Å². The molecule has 0 aromatic heterocycles. The fourth-order valence-electron chi connectivity index (χ4n) is 3.52. The standard InChI is InChI=1S/C17H26N2S/c1-13(2)17-10-18-16(14-6-4-3-5-7-14)11-19(17)15-8-9-20-12-15/h3-7,13,15-18H,8-12H2,1-2H3. The molecule has 2 heterocycles. The van der Waals surface area contributed by atoms with Crippen LogP contribution >= 0.6 is 11.8 Å². The first-order valence-corrected chi connectivity index (χ1v) is 9.03. The highest BCUT2D eigenvalue weighted by Crippen LogP contribution is 2.30. The number of hydrogen-bond acceptors (Lipinski definition) is 3. The van der Waals surface area contributed by atoms with Gasteiger partial charge in [0.05, 0.1) is 0 Å². The summed E-state index contributed by atoms with van der Waals surface area (Å²) in [5.74, 6) is 3.39. The number of nitrogens with one attached hydrogen (secondary N) is 1. The Morgan fingerprint density at radius 1 is 1.25 bits per heavy atom. The molecule has 0 radical (unpaired) electrons. The lowest BCUT2D eigenvalue weighted by Crippen LogP contribution is -2.58. The van der Waals surface area contributed by atoms with Crippen LogP contribution in [0.4, 0.5) is 0 Å². The number of benzene rings is 1. The van der Waals surface area contributed by atoms with Crippen LogP contribution in [0.1, 0.15) is 31.9 Å². The van der Waals surface area contributed by atoms with Crippen molar-refractivity contribution in [1.82, 2.24) is 10.2 Å². The van der Waals surface area contributed by atoms with Crippen LogP contribution in [0.5, 0.6) is 0 Å².